The molecule has 1 N–H and O–H groups in total. The van der Waals surface area contributed by atoms with Crippen molar-refractivity contribution in [3.63, 3.8) is 0 Å². The number of nitrogens with zero attached hydrogens (tertiary/aromatic N) is 2. The van der Waals surface area contributed by atoms with E-state index in [0.29, 0.717) is 0 Å². The minimum atomic E-state index is 0.0427. The summed E-state index contributed by atoms with van der Waals surface area (Å²) in [4.78, 5) is 4.13. The summed E-state index contributed by atoms with van der Waals surface area (Å²) in [6, 6.07) is 14.2. The Morgan fingerprint density at radius 3 is 2.70 bits per heavy atom. The predicted octanol–water partition coefficient (Wildman–Crippen LogP) is 2.89. The molecule has 3 aromatic rings. The van der Waals surface area contributed by atoms with Gasteiger partial charge in [-0.1, -0.05) is 30.3 Å². The zero-order valence-corrected chi connectivity index (χ0v) is 11.4. The molecule has 0 bridgehead atoms. The van der Waals surface area contributed by atoms with Crippen molar-refractivity contribution in [1.82, 2.24) is 14.9 Å². The Bertz CT molecular complexity index is 643. The fourth-order valence-electron chi connectivity index (χ4n) is 2.25. The van der Waals surface area contributed by atoms with E-state index >= 15 is 0 Å². The first kappa shape index (κ1) is 12.7. The maximum Gasteiger partial charge on any atom is 0.125 e. The second-order valence-electron chi connectivity index (χ2n) is 4.74. The lowest BCUT2D eigenvalue weighted by Gasteiger charge is -2.17. The van der Waals surface area contributed by atoms with Crippen LogP contribution in [0.3, 0.4) is 0 Å². The van der Waals surface area contributed by atoms with E-state index in [2.05, 4.69) is 22.4 Å². The summed E-state index contributed by atoms with van der Waals surface area (Å²) >= 11 is 0. The minimum Gasteiger partial charge on any atom is -0.467 e. The largest absolute Gasteiger partial charge is 0.467 e. The van der Waals surface area contributed by atoms with Crippen LogP contribution >= 0.6 is 0 Å². The van der Waals surface area contributed by atoms with E-state index in [1.54, 1.807) is 12.6 Å². The first-order valence-corrected chi connectivity index (χ1v) is 6.61. The Morgan fingerprint density at radius 1 is 1.20 bits per heavy atom. The Morgan fingerprint density at radius 2 is 2.05 bits per heavy atom. The fourth-order valence-corrected chi connectivity index (χ4v) is 2.25. The third-order valence-electron chi connectivity index (χ3n) is 3.36. The standard InChI is InChI=1S/C16H17N3O/c1-19-12-17-10-14(19)11-18-16(15-8-5-9-20-15)13-6-3-2-4-7-13/h2-10,12,16,18H,11H2,1H3. The van der Waals surface area contributed by atoms with Gasteiger partial charge in [0.15, 0.2) is 0 Å². The van der Waals surface area contributed by atoms with Gasteiger partial charge in [0.2, 0.25) is 0 Å². The second-order valence-corrected chi connectivity index (χ2v) is 4.74. The maximum atomic E-state index is 5.57. The van der Waals surface area contributed by atoms with Crippen molar-refractivity contribution in [3.05, 3.63) is 78.3 Å². The summed E-state index contributed by atoms with van der Waals surface area (Å²) in [7, 11) is 1.99. The molecular weight excluding hydrogens is 250 g/mol. The number of imidazole rings is 1. The first-order valence-electron chi connectivity index (χ1n) is 6.61. The normalized spacial score (nSPS) is 12.4. The molecule has 0 saturated heterocycles. The van der Waals surface area contributed by atoms with Gasteiger partial charge < -0.3 is 8.98 Å². The van der Waals surface area contributed by atoms with Crippen LogP contribution in [0.25, 0.3) is 0 Å². The number of hydrogen-bond donors (Lipinski definition) is 1. The zero-order chi connectivity index (χ0) is 13.8. The number of rotatable bonds is 5. The molecule has 1 unspecified atom stereocenters. The quantitative estimate of drug-likeness (QED) is 0.773. The molecule has 0 radical (unpaired) electrons. The van der Waals surface area contributed by atoms with Crippen molar-refractivity contribution in [2.75, 3.05) is 0 Å². The average molecular weight is 267 g/mol. The fraction of sp³-hybridized carbons (Fsp3) is 0.188. The Balaban J connectivity index is 1.82. The Kier molecular flexibility index (Phi) is 3.65. The van der Waals surface area contributed by atoms with Crippen LogP contribution < -0.4 is 5.32 Å². The number of benzene rings is 1. The molecule has 4 nitrogen and oxygen atoms in total. The highest BCUT2D eigenvalue weighted by atomic mass is 16.3. The number of nitrogens with one attached hydrogen (secondary N) is 1. The van der Waals surface area contributed by atoms with Crippen molar-refractivity contribution in [2.24, 2.45) is 7.05 Å². The summed E-state index contributed by atoms with van der Waals surface area (Å²) in [6.07, 6.45) is 5.38. The third-order valence-corrected chi connectivity index (χ3v) is 3.36. The van der Waals surface area contributed by atoms with Gasteiger partial charge in [-0.15, -0.1) is 0 Å². The molecule has 2 aromatic heterocycles. The van der Waals surface area contributed by atoms with Crippen LogP contribution in [-0.2, 0) is 13.6 Å². The van der Waals surface area contributed by atoms with Crippen LogP contribution in [0.15, 0.2) is 65.7 Å². The second kappa shape index (κ2) is 5.75. The maximum absolute atomic E-state index is 5.57. The lowest BCUT2D eigenvalue weighted by Crippen LogP contribution is -2.22. The van der Waals surface area contributed by atoms with Gasteiger partial charge in [-0.3, -0.25) is 5.32 Å². The van der Waals surface area contributed by atoms with Gasteiger partial charge in [0.05, 0.1) is 24.3 Å². The molecule has 0 amide bonds. The smallest absolute Gasteiger partial charge is 0.125 e. The van der Waals surface area contributed by atoms with Gasteiger partial charge in [0, 0.05) is 19.8 Å². The molecule has 102 valence electrons. The van der Waals surface area contributed by atoms with Gasteiger partial charge in [0.25, 0.3) is 0 Å². The van der Waals surface area contributed by atoms with Crippen molar-refractivity contribution in [1.29, 1.82) is 0 Å². The minimum absolute atomic E-state index is 0.0427. The molecule has 0 aliphatic rings. The van der Waals surface area contributed by atoms with Crippen molar-refractivity contribution in [3.8, 4) is 0 Å². The third kappa shape index (κ3) is 2.65. The van der Waals surface area contributed by atoms with E-state index in [9.17, 15) is 0 Å². The monoisotopic (exact) mass is 267 g/mol. The van der Waals surface area contributed by atoms with E-state index in [4.69, 9.17) is 4.42 Å². The summed E-state index contributed by atoms with van der Waals surface area (Å²) < 4.78 is 7.58. The van der Waals surface area contributed by atoms with E-state index in [-0.39, 0.29) is 6.04 Å². The van der Waals surface area contributed by atoms with Crippen LogP contribution in [0.4, 0.5) is 0 Å². The van der Waals surface area contributed by atoms with Crippen LogP contribution in [-0.4, -0.2) is 9.55 Å². The number of furan rings is 1. The lowest BCUT2D eigenvalue weighted by atomic mass is 10.0. The Labute approximate surface area is 118 Å². The lowest BCUT2D eigenvalue weighted by molar-refractivity contribution is 0.442. The molecule has 2 heterocycles. The van der Waals surface area contributed by atoms with Crippen molar-refractivity contribution < 1.29 is 4.42 Å². The highest BCUT2D eigenvalue weighted by Crippen LogP contribution is 2.22. The van der Waals surface area contributed by atoms with E-state index in [1.807, 2.05) is 48.1 Å². The molecule has 1 atom stereocenters. The number of hydrogen-bond acceptors (Lipinski definition) is 3. The Hall–Kier alpha value is -2.33. The number of aromatic nitrogens is 2. The summed E-state index contributed by atoms with van der Waals surface area (Å²) in [5.41, 5.74) is 2.32. The topological polar surface area (TPSA) is 43.0 Å². The molecule has 20 heavy (non-hydrogen) atoms. The van der Waals surface area contributed by atoms with Gasteiger partial charge in [-0.05, 0) is 17.7 Å². The molecule has 0 aliphatic carbocycles. The van der Waals surface area contributed by atoms with Gasteiger partial charge >= 0.3 is 0 Å². The number of aryl methyl sites for hydroxylation is 1. The average Bonchev–Trinajstić information content (AvgIpc) is 3.13. The molecule has 1 aromatic carbocycles. The van der Waals surface area contributed by atoms with Gasteiger partial charge in [-0.25, -0.2) is 4.98 Å². The molecule has 0 saturated carbocycles. The van der Waals surface area contributed by atoms with Crippen LogP contribution in [0, 0.1) is 0 Å². The molecule has 0 fully saturated rings. The predicted molar refractivity (Wildman–Crippen MR) is 77.0 cm³/mol. The van der Waals surface area contributed by atoms with E-state index < -0.39 is 0 Å². The molecule has 0 spiro atoms. The molecule has 3 rings (SSSR count). The van der Waals surface area contributed by atoms with E-state index in [1.165, 1.54) is 5.56 Å². The van der Waals surface area contributed by atoms with Crippen LogP contribution in [0.5, 0.6) is 0 Å². The molecular formula is C16H17N3O. The SMILES string of the molecule is Cn1cncc1CNC(c1ccccc1)c1ccco1. The molecule has 0 aliphatic heterocycles. The van der Waals surface area contributed by atoms with Gasteiger partial charge in [-0.2, -0.15) is 0 Å². The molecule has 4 heteroatoms. The first-order chi connectivity index (χ1) is 9.84. The van der Waals surface area contributed by atoms with Crippen molar-refractivity contribution >= 4 is 0 Å². The summed E-state index contributed by atoms with van der Waals surface area (Å²) in [5, 5.41) is 3.53. The van der Waals surface area contributed by atoms with Crippen LogP contribution in [0.2, 0.25) is 0 Å². The van der Waals surface area contributed by atoms with Crippen LogP contribution in [0.1, 0.15) is 23.1 Å². The van der Waals surface area contributed by atoms with Gasteiger partial charge in [0.1, 0.15) is 5.76 Å². The highest BCUT2D eigenvalue weighted by Gasteiger charge is 2.16. The summed E-state index contributed by atoms with van der Waals surface area (Å²) in [5.74, 6) is 0.915. The van der Waals surface area contributed by atoms with E-state index in [0.717, 1.165) is 18.0 Å². The summed E-state index contributed by atoms with van der Waals surface area (Å²) in [6.45, 7) is 0.733. The highest BCUT2D eigenvalue weighted by molar-refractivity contribution is 5.26. The van der Waals surface area contributed by atoms with Crippen molar-refractivity contribution in [2.45, 2.75) is 12.6 Å². The zero-order valence-electron chi connectivity index (χ0n) is 11.4.